The van der Waals surface area contributed by atoms with Crippen molar-refractivity contribution in [2.24, 2.45) is 5.92 Å². The molecule has 0 radical (unpaired) electrons. The molecule has 0 amide bonds. The van der Waals surface area contributed by atoms with E-state index in [1.807, 2.05) is 0 Å². The first-order chi connectivity index (χ1) is 22.1. The maximum Gasteiger partial charge on any atom is 1.00 e. The van der Waals surface area contributed by atoms with Gasteiger partial charge in [-0.1, -0.05) is 206 Å². The van der Waals surface area contributed by atoms with Gasteiger partial charge in [-0.05, 0) is 12.8 Å². The Bertz CT molecular complexity index is 843. The van der Waals surface area contributed by atoms with Gasteiger partial charge in [-0.15, -0.1) is 0 Å². The van der Waals surface area contributed by atoms with E-state index < -0.39 is 32.7 Å². The van der Waals surface area contributed by atoms with Crippen LogP contribution in [-0.4, -0.2) is 39.9 Å². The van der Waals surface area contributed by atoms with Crippen molar-refractivity contribution < 1.29 is 63.8 Å². The van der Waals surface area contributed by atoms with E-state index in [0.29, 0.717) is 12.8 Å². The second-order valence-corrected chi connectivity index (χ2v) is 15.7. The summed E-state index contributed by atoms with van der Waals surface area (Å²) < 4.78 is 32.4. The normalized spacial score (nSPS) is 13.6. The molecule has 0 aromatic rings. The third-order valence-electron chi connectivity index (χ3n) is 9.93. The monoisotopic (exact) mass is 699 g/mol. The number of carboxylic acid groups (broad SMARTS) is 2. The predicted octanol–water partition coefficient (Wildman–Crippen LogP) is 9.04. The zero-order valence-corrected chi connectivity index (χ0v) is 33.9. The molecule has 7 nitrogen and oxygen atoms in total. The van der Waals surface area contributed by atoms with Crippen LogP contribution in [0.3, 0.4) is 0 Å². The molecule has 0 saturated carbocycles. The number of aliphatic carboxylic acids is 2. The van der Waals surface area contributed by atoms with Crippen LogP contribution in [0.2, 0.25) is 0 Å². The molecule has 0 aliphatic carbocycles. The van der Waals surface area contributed by atoms with E-state index in [2.05, 4.69) is 13.8 Å². The molecule has 0 saturated heterocycles. The predicted molar refractivity (Wildman–Crippen MR) is 193 cm³/mol. The van der Waals surface area contributed by atoms with Gasteiger partial charge in [0.1, 0.15) is 0 Å². The fourth-order valence-electron chi connectivity index (χ4n) is 6.88. The van der Waals surface area contributed by atoms with Crippen LogP contribution in [0.1, 0.15) is 221 Å². The first-order valence-electron chi connectivity index (χ1n) is 19.6. The summed E-state index contributed by atoms with van der Waals surface area (Å²) in [4.78, 5) is 24.5. The molecule has 2 atom stereocenters. The van der Waals surface area contributed by atoms with E-state index >= 15 is 0 Å². The third kappa shape index (κ3) is 24.6. The summed E-state index contributed by atoms with van der Waals surface area (Å²) in [7, 11) is -5.14. The van der Waals surface area contributed by atoms with Gasteiger partial charge in [0, 0.05) is 0 Å². The minimum absolute atomic E-state index is 0. The summed E-state index contributed by atoms with van der Waals surface area (Å²) in [6.45, 7) is 4.48. The van der Waals surface area contributed by atoms with Crippen molar-refractivity contribution in [3.63, 3.8) is 0 Å². The molecule has 0 aliphatic rings. The van der Waals surface area contributed by atoms with Crippen molar-refractivity contribution in [1.82, 2.24) is 0 Å². The molecule has 276 valence electrons. The van der Waals surface area contributed by atoms with Crippen LogP contribution in [0, 0.1) is 5.92 Å². The largest absolute Gasteiger partial charge is 1.00 e. The van der Waals surface area contributed by atoms with E-state index in [-0.39, 0.29) is 50.2 Å². The standard InChI is InChI=1S/C38H74O7S.Na.H/c1-3-5-7-9-11-13-15-17-19-20-22-24-26-28-30-32-34-38(37(41)42,46(43,44)45)35(36(39)40)33-31-29-27-25-23-21-18-16-14-12-10-8-6-4-2;;/h35H,3-34H2,1-2H3,(H,39,40)(H,41,42)(H,43,44,45);;/q;+1;-1. The van der Waals surface area contributed by atoms with Gasteiger partial charge in [0.25, 0.3) is 10.1 Å². The molecular formula is C38H75NaO7S. The zero-order valence-electron chi connectivity index (χ0n) is 32.1. The maximum atomic E-state index is 12.5. The molecule has 3 N–H and O–H groups in total. The summed E-state index contributed by atoms with van der Waals surface area (Å²) in [5, 5.41) is 19.9. The Labute approximate surface area is 314 Å². The second-order valence-electron chi connectivity index (χ2n) is 14.0. The van der Waals surface area contributed by atoms with E-state index in [9.17, 15) is 32.8 Å². The molecular weight excluding hydrogens is 623 g/mol. The van der Waals surface area contributed by atoms with Crippen LogP contribution in [0.5, 0.6) is 0 Å². The van der Waals surface area contributed by atoms with Crippen molar-refractivity contribution in [3.8, 4) is 0 Å². The van der Waals surface area contributed by atoms with Gasteiger partial charge in [0.05, 0.1) is 5.92 Å². The fraction of sp³-hybridized carbons (Fsp3) is 0.947. The van der Waals surface area contributed by atoms with Gasteiger partial charge in [-0.3, -0.25) is 14.1 Å². The summed E-state index contributed by atoms with van der Waals surface area (Å²) in [6, 6.07) is 0. The third-order valence-corrected chi connectivity index (χ3v) is 11.5. The van der Waals surface area contributed by atoms with E-state index in [4.69, 9.17) is 0 Å². The summed E-state index contributed by atoms with van der Waals surface area (Å²) >= 11 is 0. The molecule has 0 heterocycles. The quantitative estimate of drug-likeness (QED) is 0.0338. The molecule has 2 unspecified atom stereocenters. The Balaban J connectivity index is -0.0000101. The Morgan fingerprint density at radius 1 is 0.511 bits per heavy atom. The van der Waals surface area contributed by atoms with Crippen molar-refractivity contribution in [1.29, 1.82) is 0 Å². The van der Waals surface area contributed by atoms with E-state index in [1.165, 1.54) is 128 Å². The van der Waals surface area contributed by atoms with E-state index in [1.54, 1.807) is 0 Å². The number of rotatable bonds is 36. The molecule has 0 aromatic heterocycles. The molecule has 0 bridgehead atoms. The zero-order chi connectivity index (χ0) is 34.4. The number of hydrogen-bond donors (Lipinski definition) is 3. The number of carboxylic acids is 2. The number of hydrogen-bond acceptors (Lipinski definition) is 4. The average molecular weight is 699 g/mol. The first-order valence-corrected chi connectivity index (χ1v) is 21.0. The molecule has 0 fully saturated rings. The van der Waals surface area contributed by atoms with Crippen LogP contribution in [-0.2, 0) is 19.7 Å². The van der Waals surface area contributed by atoms with Crippen molar-refractivity contribution in [3.05, 3.63) is 0 Å². The minimum atomic E-state index is -5.14. The number of carbonyl (C=O) groups is 2. The van der Waals surface area contributed by atoms with Crippen LogP contribution in [0.15, 0.2) is 0 Å². The molecule has 9 heteroatoms. The Morgan fingerprint density at radius 3 is 1.00 bits per heavy atom. The number of unbranched alkanes of at least 4 members (excludes halogenated alkanes) is 28. The van der Waals surface area contributed by atoms with Crippen molar-refractivity contribution in [2.45, 2.75) is 224 Å². The van der Waals surface area contributed by atoms with Gasteiger partial charge >= 0.3 is 41.5 Å². The average Bonchev–Trinajstić information content (AvgIpc) is 3.00. The molecule has 0 rings (SSSR count). The SMILES string of the molecule is CCCCCCCCCCCCCCCCCCC(C(=O)O)(C(CCCCCCCCCCCCCCCC)C(=O)O)S(=O)(=O)O.[H-].[Na+]. The van der Waals surface area contributed by atoms with Gasteiger partial charge in [-0.2, -0.15) is 8.42 Å². The Hall–Kier alpha value is -0.150. The van der Waals surface area contributed by atoms with Gasteiger partial charge < -0.3 is 11.6 Å². The van der Waals surface area contributed by atoms with Gasteiger partial charge in [0.2, 0.25) is 4.75 Å². The second kappa shape index (κ2) is 33.0. The Kier molecular flexibility index (Phi) is 34.4. The molecule has 47 heavy (non-hydrogen) atoms. The minimum Gasteiger partial charge on any atom is -1.00 e. The van der Waals surface area contributed by atoms with Crippen molar-refractivity contribution >= 4 is 22.1 Å². The smallest absolute Gasteiger partial charge is 1.00 e. The Morgan fingerprint density at radius 2 is 0.766 bits per heavy atom. The van der Waals surface area contributed by atoms with Crippen LogP contribution < -0.4 is 29.6 Å². The van der Waals surface area contributed by atoms with Crippen molar-refractivity contribution in [2.75, 3.05) is 0 Å². The van der Waals surface area contributed by atoms with Crippen LogP contribution in [0.4, 0.5) is 0 Å². The summed E-state index contributed by atoms with van der Waals surface area (Å²) in [5.41, 5.74) is 0. The van der Waals surface area contributed by atoms with Crippen LogP contribution in [0.25, 0.3) is 0 Å². The summed E-state index contributed by atoms with van der Waals surface area (Å²) in [5.74, 6) is -4.89. The topological polar surface area (TPSA) is 129 Å². The first kappa shape index (κ1) is 49.0. The molecule has 0 spiro atoms. The van der Waals surface area contributed by atoms with Crippen LogP contribution >= 0.6 is 0 Å². The maximum absolute atomic E-state index is 12.5. The van der Waals surface area contributed by atoms with Gasteiger partial charge in [-0.25, -0.2) is 0 Å². The fourth-order valence-corrected chi connectivity index (χ4v) is 8.09. The summed E-state index contributed by atoms with van der Waals surface area (Å²) in [6.07, 6.45) is 33.5. The molecule has 0 aromatic carbocycles. The van der Waals surface area contributed by atoms with E-state index in [0.717, 1.165) is 44.9 Å². The van der Waals surface area contributed by atoms with Gasteiger partial charge in [0.15, 0.2) is 0 Å². The molecule has 0 aliphatic heterocycles.